The standard InChI is InChI=1S/C9H13N3S/c1-4-5-13-9(12(2)3)8(6-10)7-11/h4-5H2,1-3H3. The van der Waals surface area contributed by atoms with Gasteiger partial charge in [-0.25, -0.2) is 0 Å². The van der Waals surface area contributed by atoms with E-state index in [0.29, 0.717) is 0 Å². The first-order chi connectivity index (χ1) is 6.17. The predicted octanol–water partition coefficient (Wildman–Crippen LogP) is 1.95. The second kappa shape index (κ2) is 6.39. The third kappa shape index (κ3) is 3.87. The molecule has 3 nitrogen and oxygen atoms in total. The topological polar surface area (TPSA) is 50.8 Å². The minimum atomic E-state index is 0.198. The molecule has 0 N–H and O–H groups in total. The molecule has 0 atom stereocenters. The molecule has 0 rings (SSSR count). The van der Waals surface area contributed by atoms with Crippen molar-refractivity contribution >= 4 is 11.8 Å². The Morgan fingerprint density at radius 3 is 2.15 bits per heavy atom. The molecule has 0 aromatic heterocycles. The van der Waals surface area contributed by atoms with E-state index in [9.17, 15) is 0 Å². The molecule has 0 saturated carbocycles. The highest BCUT2D eigenvalue weighted by molar-refractivity contribution is 8.03. The first kappa shape index (κ1) is 11.9. The van der Waals surface area contributed by atoms with Crippen LogP contribution in [0.3, 0.4) is 0 Å². The summed E-state index contributed by atoms with van der Waals surface area (Å²) in [6.07, 6.45) is 1.03. The molecule has 0 amide bonds. The molecule has 0 spiro atoms. The molecule has 0 bridgehead atoms. The van der Waals surface area contributed by atoms with Crippen molar-refractivity contribution in [1.82, 2.24) is 4.90 Å². The highest BCUT2D eigenvalue weighted by atomic mass is 32.2. The molecular formula is C9H13N3S. The Labute approximate surface area is 83.6 Å². The molecule has 0 aromatic carbocycles. The molecule has 0 heterocycles. The number of hydrogen-bond donors (Lipinski definition) is 0. The molecule has 0 radical (unpaired) electrons. The summed E-state index contributed by atoms with van der Waals surface area (Å²) in [4.78, 5) is 1.81. The van der Waals surface area contributed by atoms with E-state index in [-0.39, 0.29) is 5.57 Å². The van der Waals surface area contributed by atoms with Crippen molar-refractivity contribution in [3.63, 3.8) is 0 Å². The summed E-state index contributed by atoms with van der Waals surface area (Å²) in [5.74, 6) is 0.931. The lowest BCUT2D eigenvalue weighted by Gasteiger charge is -2.15. The van der Waals surface area contributed by atoms with E-state index in [1.54, 1.807) is 11.8 Å². The first-order valence-electron chi connectivity index (χ1n) is 4.02. The smallest absolute Gasteiger partial charge is 0.159 e. The van der Waals surface area contributed by atoms with Gasteiger partial charge in [0, 0.05) is 14.1 Å². The van der Waals surface area contributed by atoms with Gasteiger partial charge in [-0.1, -0.05) is 6.92 Å². The molecule has 0 unspecified atom stereocenters. The molecule has 0 aliphatic rings. The van der Waals surface area contributed by atoms with Gasteiger partial charge in [-0.15, -0.1) is 11.8 Å². The van der Waals surface area contributed by atoms with E-state index in [1.807, 2.05) is 31.1 Å². The molecule has 0 fully saturated rings. The van der Waals surface area contributed by atoms with Crippen LogP contribution in [0.5, 0.6) is 0 Å². The van der Waals surface area contributed by atoms with Crippen molar-refractivity contribution in [3.05, 3.63) is 10.6 Å². The number of nitriles is 2. The summed E-state index contributed by atoms with van der Waals surface area (Å²) < 4.78 is 0. The van der Waals surface area contributed by atoms with E-state index < -0.39 is 0 Å². The second-order valence-electron chi connectivity index (χ2n) is 2.65. The maximum atomic E-state index is 8.67. The Kier molecular flexibility index (Phi) is 5.84. The fourth-order valence-corrected chi connectivity index (χ4v) is 1.64. The average Bonchev–Trinajstić information content (AvgIpc) is 2.11. The van der Waals surface area contributed by atoms with E-state index >= 15 is 0 Å². The van der Waals surface area contributed by atoms with Crippen LogP contribution in [0.4, 0.5) is 0 Å². The van der Waals surface area contributed by atoms with E-state index in [0.717, 1.165) is 17.2 Å². The van der Waals surface area contributed by atoms with Gasteiger partial charge >= 0.3 is 0 Å². The Hall–Kier alpha value is -1.13. The lowest BCUT2D eigenvalue weighted by Crippen LogP contribution is -2.10. The summed E-state index contributed by atoms with van der Waals surface area (Å²) in [5, 5.41) is 18.1. The summed E-state index contributed by atoms with van der Waals surface area (Å²) >= 11 is 1.55. The molecule has 0 saturated heterocycles. The lowest BCUT2D eigenvalue weighted by molar-refractivity contribution is 0.548. The molecule has 4 heteroatoms. The third-order valence-corrected chi connectivity index (χ3v) is 2.74. The van der Waals surface area contributed by atoms with Crippen LogP contribution in [0, 0.1) is 22.7 Å². The van der Waals surface area contributed by atoms with Crippen LogP contribution in [0.1, 0.15) is 13.3 Å². The second-order valence-corrected chi connectivity index (χ2v) is 3.73. The maximum Gasteiger partial charge on any atom is 0.159 e. The third-order valence-electron chi connectivity index (χ3n) is 1.29. The fourth-order valence-electron chi connectivity index (χ4n) is 0.744. The molecule has 13 heavy (non-hydrogen) atoms. The van der Waals surface area contributed by atoms with Crippen LogP contribution in [0.2, 0.25) is 0 Å². The van der Waals surface area contributed by atoms with Gasteiger partial charge in [-0.05, 0) is 12.2 Å². The van der Waals surface area contributed by atoms with Crippen molar-refractivity contribution < 1.29 is 0 Å². The van der Waals surface area contributed by atoms with Crippen LogP contribution in [-0.4, -0.2) is 24.7 Å². The number of allylic oxidation sites excluding steroid dienone is 1. The molecule has 0 aliphatic heterocycles. The van der Waals surface area contributed by atoms with Crippen LogP contribution in [-0.2, 0) is 0 Å². The van der Waals surface area contributed by atoms with Gasteiger partial charge < -0.3 is 4.90 Å². The zero-order valence-corrected chi connectivity index (χ0v) is 8.98. The zero-order valence-electron chi connectivity index (χ0n) is 8.16. The highest BCUT2D eigenvalue weighted by Crippen LogP contribution is 2.21. The first-order valence-corrected chi connectivity index (χ1v) is 5.00. The fraction of sp³-hybridized carbons (Fsp3) is 0.556. The van der Waals surface area contributed by atoms with E-state index in [4.69, 9.17) is 10.5 Å². The quantitative estimate of drug-likeness (QED) is 0.643. The van der Waals surface area contributed by atoms with Gasteiger partial charge in [0.05, 0.1) is 5.03 Å². The maximum absolute atomic E-state index is 8.67. The Morgan fingerprint density at radius 1 is 1.31 bits per heavy atom. The van der Waals surface area contributed by atoms with Crippen molar-refractivity contribution in [1.29, 1.82) is 10.5 Å². The van der Waals surface area contributed by atoms with Crippen LogP contribution >= 0.6 is 11.8 Å². The van der Waals surface area contributed by atoms with Gasteiger partial charge in [-0.3, -0.25) is 0 Å². The van der Waals surface area contributed by atoms with Gasteiger partial charge in [0.15, 0.2) is 5.57 Å². The van der Waals surface area contributed by atoms with Crippen molar-refractivity contribution in [2.45, 2.75) is 13.3 Å². The molecule has 0 aromatic rings. The monoisotopic (exact) mass is 195 g/mol. The minimum Gasteiger partial charge on any atom is -0.371 e. The molecule has 0 aliphatic carbocycles. The molecular weight excluding hydrogens is 182 g/mol. The van der Waals surface area contributed by atoms with E-state index in [2.05, 4.69) is 6.92 Å². The average molecular weight is 195 g/mol. The zero-order chi connectivity index (χ0) is 10.3. The largest absolute Gasteiger partial charge is 0.371 e. The highest BCUT2D eigenvalue weighted by Gasteiger charge is 2.08. The van der Waals surface area contributed by atoms with Crippen LogP contribution < -0.4 is 0 Å². The van der Waals surface area contributed by atoms with Crippen molar-refractivity contribution in [2.24, 2.45) is 0 Å². The van der Waals surface area contributed by atoms with Crippen LogP contribution in [0.15, 0.2) is 10.6 Å². The molecule has 70 valence electrons. The predicted molar refractivity (Wildman–Crippen MR) is 54.7 cm³/mol. The summed E-state index contributed by atoms with van der Waals surface area (Å²) in [7, 11) is 3.68. The minimum absolute atomic E-state index is 0.198. The number of thioether (sulfide) groups is 1. The van der Waals surface area contributed by atoms with E-state index in [1.165, 1.54) is 0 Å². The van der Waals surface area contributed by atoms with Gasteiger partial charge in [0.1, 0.15) is 12.1 Å². The normalized spacial score (nSPS) is 8.38. The Bertz CT molecular complexity index is 252. The van der Waals surface area contributed by atoms with Gasteiger partial charge in [0.2, 0.25) is 0 Å². The van der Waals surface area contributed by atoms with Crippen LogP contribution in [0.25, 0.3) is 0 Å². The SMILES string of the molecule is CCCSC(=C(C#N)C#N)N(C)C. The Balaban J connectivity index is 4.70. The number of hydrogen-bond acceptors (Lipinski definition) is 4. The summed E-state index contributed by atoms with van der Waals surface area (Å²) in [6.45, 7) is 2.07. The lowest BCUT2D eigenvalue weighted by atomic mass is 10.3. The number of rotatable bonds is 4. The van der Waals surface area contributed by atoms with Crippen molar-refractivity contribution in [2.75, 3.05) is 19.8 Å². The van der Waals surface area contributed by atoms with Crippen molar-refractivity contribution in [3.8, 4) is 12.1 Å². The van der Waals surface area contributed by atoms with Gasteiger partial charge in [-0.2, -0.15) is 10.5 Å². The Morgan fingerprint density at radius 2 is 1.85 bits per heavy atom. The summed E-state index contributed by atoms with van der Waals surface area (Å²) in [6, 6.07) is 3.80. The summed E-state index contributed by atoms with van der Waals surface area (Å²) in [5.41, 5.74) is 0.198. The van der Waals surface area contributed by atoms with Gasteiger partial charge in [0.25, 0.3) is 0 Å². The number of nitrogens with zero attached hydrogens (tertiary/aromatic N) is 3.